The summed E-state index contributed by atoms with van der Waals surface area (Å²) in [5.74, 6) is -0.00601. The Morgan fingerprint density at radius 1 is 1.04 bits per heavy atom. The van der Waals surface area contributed by atoms with E-state index in [1.54, 1.807) is 0 Å². The minimum atomic E-state index is -0.0227. The van der Waals surface area contributed by atoms with Crippen LogP contribution in [0.25, 0.3) is 0 Å². The predicted octanol–water partition coefficient (Wildman–Crippen LogP) is 1.83. The molecule has 0 aromatic rings. The third-order valence-corrected chi connectivity index (χ3v) is 5.19. The summed E-state index contributed by atoms with van der Waals surface area (Å²) in [4.78, 5) is 26.4. The molecule has 2 amide bonds. The molecule has 2 rings (SSSR count). The largest absolute Gasteiger partial charge is 0.379 e. The van der Waals surface area contributed by atoms with Crippen molar-refractivity contribution in [2.24, 2.45) is 0 Å². The molecule has 0 unspecified atom stereocenters. The molecule has 2 aliphatic rings. The van der Waals surface area contributed by atoms with Gasteiger partial charge in [-0.3, -0.25) is 14.5 Å². The van der Waals surface area contributed by atoms with E-state index in [4.69, 9.17) is 4.74 Å². The summed E-state index contributed by atoms with van der Waals surface area (Å²) in [6, 6.07) is 0.450. The van der Waals surface area contributed by atoms with Gasteiger partial charge in [0.05, 0.1) is 13.2 Å². The summed E-state index contributed by atoms with van der Waals surface area (Å²) in [5, 5.41) is 6.11. The maximum absolute atomic E-state index is 12.0. The molecule has 0 bridgehead atoms. The van der Waals surface area contributed by atoms with E-state index in [1.165, 1.54) is 25.7 Å². The Hall–Kier alpha value is -1.14. The van der Waals surface area contributed by atoms with Crippen molar-refractivity contribution >= 4 is 11.8 Å². The van der Waals surface area contributed by atoms with Gasteiger partial charge in [0.25, 0.3) is 0 Å². The summed E-state index contributed by atoms with van der Waals surface area (Å²) in [6.07, 6.45) is 8.61. The number of amides is 2. The van der Waals surface area contributed by atoms with Crippen LogP contribution < -0.4 is 10.6 Å². The average Bonchev–Trinajstić information content (AvgIpc) is 2.88. The van der Waals surface area contributed by atoms with Gasteiger partial charge in [0.2, 0.25) is 11.8 Å². The molecule has 0 aromatic carbocycles. The Kier molecular flexibility index (Phi) is 9.26. The lowest BCUT2D eigenvalue weighted by Crippen LogP contribution is -2.41. The standard InChI is InChI=1S/C19H35N3O3/c1-16(10-11-22-12-14-25-15-13-22)20-18(23)8-9-19(24)21-17-6-4-2-3-5-7-17/h16-17H,2-15H2,1H3,(H,20,23)(H,21,24)/t16-/m0/s1. The van der Waals surface area contributed by atoms with Gasteiger partial charge in [0.1, 0.15) is 0 Å². The fraction of sp³-hybridized carbons (Fsp3) is 0.895. The van der Waals surface area contributed by atoms with Crippen molar-refractivity contribution in [1.29, 1.82) is 0 Å². The molecular formula is C19H35N3O3. The Bertz CT molecular complexity index is 403. The first-order valence-corrected chi connectivity index (χ1v) is 10.0. The fourth-order valence-electron chi connectivity index (χ4n) is 3.57. The minimum absolute atomic E-state index is 0.0167. The van der Waals surface area contributed by atoms with Gasteiger partial charge >= 0.3 is 0 Å². The second-order valence-corrected chi connectivity index (χ2v) is 7.47. The van der Waals surface area contributed by atoms with Gasteiger partial charge < -0.3 is 15.4 Å². The molecule has 1 aliphatic heterocycles. The first kappa shape index (κ1) is 20.2. The van der Waals surface area contributed by atoms with Gasteiger partial charge in [-0.15, -0.1) is 0 Å². The smallest absolute Gasteiger partial charge is 0.220 e. The summed E-state index contributed by atoms with van der Waals surface area (Å²) >= 11 is 0. The molecule has 0 spiro atoms. The van der Waals surface area contributed by atoms with Crippen molar-refractivity contribution in [3.05, 3.63) is 0 Å². The van der Waals surface area contributed by atoms with Crippen molar-refractivity contribution in [3.8, 4) is 0 Å². The van der Waals surface area contributed by atoms with Crippen molar-refractivity contribution in [3.63, 3.8) is 0 Å². The lowest BCUT2D eigenvalue weighted by Gasteiger charge is -2.27. The molecule has 0 radical (unpaired) electrons. The molecule has 0 aromatic heterocycles. The number of hydrogen-bond acceptors (Lipinski definition) is 4. The number of carbonyl (C=O) groups excluding carboxylic acids is 2. The van der Waals surface area contributed by atoms with Gasteiger partial charge in [-0.05, 0) is 26.2 Å². The summed E-state index contributed by atoms with van der Waals surface area (Å²) in [6.45, 7) is 6.56. The topological polar surface area (TPSA) is 70.7 Å². The van der Waals surface area contributed by atoms with Crippen LogP contribution in [0.1, 0.15) is 64.7 Å². The van der Waals surface area contributed by atoms with Crippen LogP contribution in [-0.4, -0.2) is 61.6 Å². The second-order valence-electron chi connectivity index (χ2n) is 7.47. The number of nitrogens with zero attached hydrogens (tertiary/aromatic N) is 1. The van der Waals surface area contributed by atoms with E-state index in [0.717, 1.165) is 52.1 Å². The molecule has 25 heavy (non-hydrogen) atoms. The molecule has 2 fully saturated rings. The van der Waals surface area contributed by atoms with Crippen LogP contribution in [0.2, 0.25) is 0 Å². The number of ether oxygens (including phenoxy) is 1. The molecule has 1 heterocycles. The van der Waals surface area contributed by atoms with Crippen LogP contribution in [0.3, 0.4) is 0 Å². The van der Waals surface area contributed by atoms with Crippen molar-refractivity contribution < 1.29 is 14.3 Å². The number of hydrogen-bond donors (Lipinski definition) is 2. The zero-order valence-corrected chi connectivity index (χ0v) is 15.7. The molecule has 144 valence electrons. The van der Waals surface area contributed by atoms with Crippen LogP contribution in [0.15, 0.2) is 0 Å². The summed E-state index contributed by atoms with van der Waals surface area (Å²) in [5.41, 5.74) is 0. The highest BCUT2D eigenvalue weighted by atomic mass is 16.5. The maximum atomic E-state index is 12.0. The van der Waals surface area contributed by atoms with E-state index in [2.05, 4.69) is 15.5 Å². The number of nitrogens with one attached hydrogen (secondary N) is 2. The van der Waals surface area contributed by atoms with Gasteiger partial charge in [0, 0.05) is 44.6 Å². The molecule has 2 N–H and O–H groups in total. The molecular weight excluding hydrogens is 318 g/mol. The lowest BCUT2D eigenvalue weighted by molar-refractivity contribution is -0.127. The van der Waals surface area contributed by atoms with E-state index in [0.29, 0.717) is 12.5 Å². The fourth-order valence-corrected chi connectivity index (χ4v) is 3.57. The highest BCUT2D eigenvalue weighted by Gasteiger charge is 2.16. The van der Waals surface area contributed by atoms with E-state index in [1.807, 2.05) is 6.92 Å². The Labute approximate surface area is 152 Å². The zero-order chi connectivity index (χ0) is 17.9. The number of rotatable bonds is 8. The normalized spacial score (nSPS) is 21.3. The Morgan fingerprint density at radius 2 is 1.68 bits per heavy atom. The predicted molar refractivity (Wildman–Crippen MR) is 98.3 cm³/mol. The summed E-state index contributed by atoms with van der Waals surface area (Å²) < 4.78 is 5.34. The number of carbonyl (C=O) groups is 2. The highest BCUT2D eigenvalue weighted by molar-refractivity contribution is 5.83. The average molecular weight is 354 g/mol. The highest BCUT2D eigenvalue weighted by Crippen LogP contribution is 2.17. The van der Waals surface area contributed by atoms with Crippen molar-refractivity contribution in [2.45, 2.75) is 76.8 Å². The molecule has 6 nitrogen and oxygen atoms in total. The number of morpholine rings is 1. The van der Waals surface area contributed by atoms with Crippen molar-refractivity contribution in [2.75, 3.05) is 32.8 Å². The maximum Gasteiger partial charge on any atom is 0.220 e. The third kappa shape index (κ3) is 8.68. The first-order chi connectivity index (χ1) is 12.1. The molecule has 1 saturated carbocycles. The van der Waals surface area contributed by atoms with Gasteiger partial charge in [-0.1, -0.05) is 25.7 Å². The summed E-state index contributed by atoms with van der Waals surface area (Å²) in [7, 11) is 0. The SMILES string of the molecule is C[C@@H](CCN1CCOCC1)NC(=O)CCC(=O)NC1CCCCCC1. The van der Waals surface area contributed by atoms with Crippen LogP contribution >= 0.6 is 0 Å². The van der Waals surface area contributed by atoms with E-state index >= 15 is 0 Å². The van der Waals surface area contributed by atoms with E-state index < -0.39 is 0 Å². The molecule has 1 aliphatic carbocycles. The quantitative estimate of drug-likeness (QED) is 0.653. The van der Waals surface area contributed by atoms with Crippen LogP contribution in [0, 0.1) is 0 Å². The van der Waals surface area contributed by atoms with Gasteiger partial charge in [-0.25, -0.2) is 0 Å². The third-order valence-electron chi connectivity index (χ3n) is 5.19. The zero-order valence-electron chi connectivity index (χ0n) is 15.7. The lowest BCUT2D eigenvalue weighted by atomic mass is 10.1. The van der Waals surface area contributed by atoms with E-state index in [9.17, 15) is 9.59 Å². The molecule has 6 heteroatoms. The second kappa shape index (κ2) is 11.5. The van der Waals surface area contributed by atoms with Gasteiger partial charge in [0.15, 0.2) is 0 Å². The van der Waals surface area contributed by atoms with Crippen LogP contribution in [0.4, 0.5) is 0 Å². The van der Waals surface area contributed by atoms with E-state index in [-0.39, 0.29) is 24.3 Å². The van der Waals surface area contributed by atoms with Crippen LogP contribution in [0.5, 0.6) is 0 Å². The van der Waals surface area contributed by atoms with Gasteiger partial charge in [-0.2, -0.15) is 0 Å². The monoisotopic (exact) mass is 353 g/mol. The van der Waals surface area contributed by atoms with Crippen molar-refractivity contribution in [1.82, 2.24) is 15.5 Å². The molecule has 1 atom stereocenters. The Morgan fingerprint density at radius 3 is 2.36 bits per heavy atom. The molecule has 1 saturated heterocycles. The Balaban J connectivity index is 1.55. The minimum Gasteiger partial charge on any atom is -0.379 e. The first-order valence-electron chi connectivity index (χ1n) is 10.0. The van der Waals surface area contributed by atoms with Crippen LogP contribution in [-0.2, 0) is 14.3 Å².